The standard InChI is InChI=1S/C13H19N2O3.C2H6O.Na/c1-13(2,3)18-12(17)15-7-4-5-10(9-15)11(14)6-8-16;1-3-2;/h8,14H,4,6-7,9H2,1-3H3;1-2H3;/q-1;;+1. The average Bonchev–Trinajstić information content (AvgIpc) is 2.38. The van der Waals surface area contributed by atoms with Crippen LogP contribution in [0.1, 0.15) is 33.6 Å². The first kappa shape index (κ1) is 23.6. The minimum absolute atomic E-state index is 0. The van der Waals surface area contributed by atoms with Gasteiger partial charge in [-0.3, -0.25) is 6.08 Å². The van der Waals surface area contributed by atoms with Gasteiger partial charge < -0.3 is 24.6 Å². The Labute approximate surface area is 155 Å². The molecule has 0 saturated heterocycles. The number of carbonyl (C=O) groups is 2. The van der Waals surface area contributed by atoms with Gasteiger partial charge in [0.1, 0.15) is 11.9 Å². The van der Waals surface area contributed by atoms with Gasteiger partial charge in [-0.15, -0.1) is 5.71 Å². The van der Waals surface area contributed by atoms with Gasteiger partial charge in [-0.25, -0.2) is 4.79 Å². The van der Waals surface area contributed by atoms with Gasteiger partial charge in [-0.2, -0.15) is 5.57 Å². The molecule has 7 heteroatoms. The van der Waals surface area contributed by atoms with Crippen molar-refractivity contribution in [2.75, 3.05) is 27.3 Å². The molecular weight excluding hydrogens is 295 g/mol. The number of rotatable bonds is 3. The SMILES string of the molecule is CC(C)(C)OC(=O)N1CC[C-]=C(C(=N)CC=O)C1.COC.[Na+]. The van der Waals surface area contributed by atoms with Crippen molar-refractivity contribution in [3.05, 3.63) is 11.6 Å². The van der Waals surface area contributed by atoms with E-state index in [9.17, 15) is 9.59 Å². The van der Waals surface area contributed by atoms with Crippen molar-refractivity contribution in [3.8, 4) is 0 Å². The molecule has 120 valence electrons. The monoisotopic (exact) mass is 320 g/mol. The number of ether oxygens (including phenoxy) is 2. The first-order chi connectivity index (χ1) is 9.75. The molecule has 0 bridgehead atoms. The number of methoxy groups -OCH3 is 1. The fourth-order valence-corrected chi connectivity index (χ4v) is 1.56. The third-order valence-electron chi connectivity index (χ3n) is 2.37. The van der Waals surface area contributed by atoms with Gasteiger partial charge >= 0.3 is 35.7 Å². The molecule has 1 amide bonds. The Morgan fingerprint density at radius 1 is 1.41 bits per heavy atom. The second kappa shape index (κ2) is 11.8. The Bertz CT molecular complexity index is 403. The molecule has 0 radical (unpaired) electrons. The quantitative estimate of drug-likeness (QED) is 0.321. The predicted molar refractivity (Wildman–Crippen MR) is 80.5 cm³/mol. The molecule has 0 atom stereocenters. The van der Waals surface area contributed by atoms with E-state index in [-0.39, 0.29) is 47.8 Å². The number of amides is 1. The number of hydrogen-bond donors (Lipinski definition) is 1. The van der Waals surface area contributed by atoms with Crippen molar-refractivity contribution in [1.82, 2.24) is 4.90 Å². The van der Waals surface area contributed by atoms with E-state index in [1.54, 1.807) is 14.2 Å². The molecule has 0 aromatic carbocycles. The molecule has 6 nitrogen and oxygen atoms in total. The Morgan fingerprint density at radius 2 is 1.95 bits per heavy atom. The molecule has 1 aliphatic rings. The fraction of sp³-hybridized carbons (Fsp3) is 0.667. The first-order valence-electron chi connectivity index (χ1n) is 6.74. The van der Waals surface area contributed by atoms with E-state index < -0.39 is 5.60 Å². The predicted octanol–water partition coefficient (Wildman–Crippen LogP) is -0.768. The Hall–Kier alpha value is -0.690. The Morgan fingerprint density at radius 3 is 2.41 bits per heavy atom. The second-order valence-corrected chi connectivity index (χ2v) is 5.56. The number of carbonyl (C=O) groups excluding carboxylic acids is 2. The van der Waals surface area contributed by atoms with Gasteiger partial charge in [0.15, 0.2) is 0 Å². The summed E-state index contributed by atoms with van der Waals surface area (Å²) in [7, 11) is 3.25. The zero-order valence-electron chi connectivity index (χ0n) is 14.5. The number of nitrogens with one attached hydrogen (secondary N) is 1. The molecule has 22 heavy (non-hydrogen) atoms. The first-order valence-corrected chi connectivity index (χ1v) is 6.74. The maximum Gasteiger partial charge on any atom is 1.00 e. The molecule has 1 N–H and O–H groups in total. The Kier molecular flexibility index (Phi) is 12.7. The zero-order chi connectivity index (χ0) is 16.5. The number of hydrogen-bond acceptors (Lipinski definition) is 5. The summed E-state index contributed by atoms with van der Waals surface area (Å²) >= 11 is 0. The molecule has 1 aliphatic heterocycles. The van der Waals surface area contributed by atoms with Crippen LogP contribution in [0.4, 0.5) is 4.79 Å². The van der Waals surface area contributed by atoms with Crippen molar-refractivity contribution >= 4 is 18.1 Å². The molecule has 0 aromatic heterocycles. The molecule has 0 spiro atoms. The Balaban J connectivity index is 0. The van der Waals surface area contributed by atoms with E-state index in [0.29, 0.717) is 31.4 Å². The molecule has 1 rings (SSSR count). The third-order valence-corrected chi connectivity index (χ3v) is 2.37. The van der Waals surface area contributed by atoms with Crippen molar-refractivity contribution < 1.29 is 48.6 Å². The van der Waals surface area contributed by atoms with Crippen LogP contribution in [0.5, 0.6) is 0 Å². The molecule has 0 fully saturated rings. The van der Waals surface area contributed by atoms with Gasteiger partial charge in [-0.05, 0) is 27.2 Å². The van der Waals surface area contributed by atoms with Crippen molar-refractivity contribution in [3.63, 3.8) is 0 Å². The smallest absolute Gasteiger partial charge is 0.444 e. The molecule has 1 heterocycles. The van der Waals surface area contributed by atoms with Crippen LogP contribution < -0.4 is 29.6 Å². The van der Waals surface area contributed by atoms with Gasteiger partial charge in [0.05, 0.1) is 0 Å². The maximum atomic E-state index is 11.9. The minimum Gasteiger partial charge on any atom is -0.444 e. The van der Waals surface area contributed by atoms with Crippen molar-refractivity contribution in [1.29, 1.82) is 5.41 Å². The molecular formula is C15H25N2NaO4. The van der Waals surface area contributed by atoms with E-state index in [1.807, 2.05) is 20.8 Å². The maximum absolute atomic E-state index is 11.9. The molecule has 0 saturated carbocycles. The van der Waals surface area contributed by atoms with Crippen LogP contribution in [0.3, 0.4) is 0 Å². The molecule has 0 aromatic rings. The summed E-state index contributed by atoms with van der Waals surface area (Å²) in [5, 5.41) is 7.68. The van der Waals surface area contributed by atoms with Crippen LogP contribution in [0.25, 0.3) is 0 Å². The van der Waals surface area contributed by atoms with Gasteiger partial charge in [0.2, 0.25) is 0 Å². The van der Waals surface area contributed by atoms with E-state index >= 15 is 0 Å². The van der Waals surface area contributed by atoms with Crippen LogP contribution in [0.15, 0.2) is 5.57 Å². The summed E-state index contributed by atoms with van der Waals surface area (Å²) in [4.78, 5) is 23.8. The third kappa shape index (κ3) is 10.1. The molecule has 0 unspecified atom stereocenters. The van der Waals surface area contributed by atoms with Gasteiger partial charge in [0.25, 0.3) is 0 Å². The van der Waals surface area contributed by atoms with Gasteiger partial charge in [0, 0.05) is 27.3 Å². The topological polar surface area (TPSA) is 79.7 Å². The van der Waals surface area contributed by atoms with E-state index in [2.05, 4.69) is 10.8 Å². The van der Waals surface area contributed by atoms with E-state index in [0.717, 1.165) is 0 Å². The summed E-state index contributed by atoms with van der Waals surface area (Å²) < 4.78 is 9.52. The second-order valence-electron chi connectivity index (χ2n) is 5.56. The van der Waals surface area contributed by atoms with E-state index in [4.69, 9.17) is 10.1 Å². The summed E-state index contributed by atoms with van der Waals surface area (Å²) in [5.41, 5.74) is 0.302. The summed E-state index contributed by atoms with van der Waals surface area (Å²) in [6.07, 6.45) is 3.96. The van der Waals surface area contributed by atoms with Crippen molar-refractivity contribution in [2.45, 2.75) is 39.2 Å². The zero-order valence-corrected chi connectivity index (χ0v) is 16.5. The van der Waals surface area contributed by atoms with Crippen LogP contribution in [0.2, 0.25) is 0 Å². The fourth-order valence-electron chi connectivity index (χ4n) is 1.56. The average molecular weight is 320 g/mol. The van der Waals surface area contributed by atoms with Crippen molar-refractivity contribution in [2.24, 2.45) is 0 Å². The summed E-state index contributed by atoms with van der Waals surface area (Å²) in [6, 6.07) is 0. The number of nitrogens with zero attached hydrogens (tertiary/aromatic N) is 1. The van der Waals surface area contributed by atoms with Crippen LogP contribution >= 0.6 is 0 Å². The van der Waals surface area contributed by atoms with E-state index in [1.165, 1.54) is 4.90 Å². The molecule has 0 aliphatic carbocycles. The normalized spacial score (nSPS) is 13.9. The van der Waals surface area contributed by atoms with Gasteiger partial charge in [-0.1, -0.05) is 6.42 Å². The summed E-state index contributed by atoms with van der Waals surface area (Å²) in [5.74, 6) is 0. The summed E-state index contributed by atoms with van der Waals surface area (Å²) in [6.45, 7) is 6.26. The number of aldehydes is 1. The minimum atomic E-state index is -0.529. The largest absolute Gasteiger partial charge is 1.00 e. The van der Waals surface area contributed by atoms with Crippen LogP contribution in [-0.4, -0.2) is 55.9 Å². The van der Waals surface area contributed by atoms with Crippen LogP contribution in [-0.2, 0) is 14.3 Å². The van der Waals surface area contributed by atoms with Crippen LogP contribution in [0, 0.1) is 11.5 Å².